The molecule has 0 fully saturated rings. The second-order valence-electron chi connectivity index (χ2n) is 5.78. The molecule has 3 atom stereocenters. The van der Waals surface area contributed by atoms with Crippen LogP contribution in [0.2, 0.25) is 0 Å². The Kier molecular flexibility index (Phi) is 3.80. The zero-order valence-corrected chi connectivity index (χ0v) is 10.7. The topological polar surface area (TPSA) is 0 Å². The van der Waals surface area contributed by atoms with Gasteiger partial charge in [-0.05, 0) is 36.0 Å². The van der Waals surface area contributed by atoms with Crippen molar-refractivity contribution in [3.05, 3.63) is 11.6 Å². The van der Waals surface area contributed by atoms with Crippen LogP contribution in [0.1, 0.15) is 48.0 Å². The largest absolute Gasteiger partial charge is 0.0810 e. The van der Waals surface area contributed by atoms with E-state index in [0.29, 0.717) is 0 Å². The van der Waals surface area contributed by atoms with Gasteiger partial charge in [-0.1, -0.05) is 53.2 Å². The lowest BCUT2D eigenvalue weighted by Gasteiger charge is -2.39. The highest BCUT2D eigenvalue weighted by Gasteiger charge is 2.32. The standard InChI is InChI=1S/C14H26/c1-9(2)7-13-8-14(12(13)6)11(5)10(3)4/h8-13H,7H2,1-6H3. The molecule has 0 aromatic rings. The Labute approximate surface area is 89.8 Å². The van der Waals surface area contributed by atoms with Crippen molar-refractivity contribution in [3.8, 4) is 0 Å². The van der Waals surface area contributed by atoms with Crippen molar-refractivity contribution in [1.82, 2.24) is 0 Å². The summed E-state index contributed by atoms with van der Waals surface area (Å²) in [4.78, 5) is 0. The van der Waals surface area contributed by atoms with Crippen molar-refractivity contribution >= 4 is 0 Å². The van der Waals surface area contributed by atoms with Crippen LogP contribution in [-0.2, 0) is 0 Å². The van der Waals surface area contributed by atoms with Crippen molar-refractivity contribution in [3.63, 3.8) is 0 Å². The summed E-state index contributed by atoms with van der Waals surface area (Å²) in [5.41, 5.74) is 1.71. The van der Waals surface area contributed by atoms with Crippen molar-refractivity contribution < 1.29 is 0 Å². The minimum Gasteiger partial charge on any atom is -0.0810 e. The molecule has 0 amide bonds. The lowest BCUT2D eigenvalue weighted by Crippen LogP contribution is -2.29. The van der Waals surface area contributed by atoms with Crippen LogP contribution in [0.3, 0.4) is 0 Å². The summed E-state index contributed by atoms with van der Waals surface area (Å²) in [5.74, 6) is 4.13. The van der Waals surface area contributed by atoms with Crippen molar-refractivity contribution in [2.24, 2.45) is 29.6 Å². The van der Waals surface area contributed by atoms with Crippen LogP contribution in [-0.4, -0.2) is 0 Å². The van der Waals surface area contributed by atoms with E-state index in [1.165, 1.54) is 6.42 Å². The predicted octanol–water partition coefficient (Wildman–Crippen LogP) is 4.52. The summed E-state index contributed by atoms with van der Waals surface area (Å²) < 4.78 is 0. The van der Waals surface area contributed by atoms with Gasteiger partial charge in [-0.25, -0.2) is 0 Å². The second kappa shape index (κ2) is 4.51. The summed E-state index contributed by atoms with van der Waals surface area (Å²) in [6.07, 6.45) is 3.91. The molecule has 1 aliphatic rings. The highest BCUT2D eigenvalue weighted by atomic mass is 14.4. The molecule has 0 saturated carbocycles. The van der Waals surface area contributed by atoms with Gasteiger partial charge in [0, 0.05) is 0 Å². The first-order valence-corrected chi connectivity index (χ1v) is 6.15. The number of hydrogen-bond donors (Lipinski definition) is 0. The first kappa shape index (κ1) is 11.8. The van der Waals surface area contributed by atoms with E-state index in [9.17, 15) is 0 Å². The van der Waals surface area contributed by atoms with Gasteiger partial charge < -0.3 is 0 Å². The van der Waals surface area contributed by atoms with E-state index in [1.54, 1.807) is 5.57 Å². The van der Waals surface area contributed by atoms with Crippen LogP contribution in [0, 0.1) is 29.6 Å². The summed E-state index contributed by atoms with van der Waals surface area (Å²) in [7, 11) is 0. The van der Waals surface area contributed by atoms with E-state index in [0.717, 1.165) is 29.6 Å². The van der Waals surface area contributed by atoms with Crippen LogP contribution < -0.4 is 0 Å². The molecule has 0 heterocycles. The third kappa shape index (κ3) is 2.40. The molecule has 0 saturated heterocycles. The first-order valence-electron chi connectivity index (χ1n) is 6.15. The molecule has 0 radical (unpaired) electrons. The fourth-order valence-electron chi connectivity index (χ4n) is 2.44. The van der Waals surface area contributed by atoms with E-state index >= 15 is 0 Å². The average Bonchev–Trinajstić information content (AvgIpc) is 2.09. The smallest absolute Gasteiger partial charge is 0.0165 e. The van der Waals surface area contributed by atoms with Crippen LogP contribution in [0.5, 0.6) is 0 Å². The second-order valence-corrected chi connectivity index (χ2v) is 5.78. The molecule has 0 spiro atoms. The Hall–Kier alpha value is -0.260. The Balaban J connectivity index is 2.52. The molecule has 3 unspecified atom stereocenters. The lowest BCUT2D eigenvalue weighted by molar-refractivity contribution is 0.300. The maximum Gasteiger partial charge on any atom is -0.0165 e. The molecule has 0 aromatic heterocycles. The van der Waals surface area contributed by atoms with Gasteiger partial charge in [-0.3, -0.25) is 0 Å². The van der Waals surface area contributed by atoms with Gasteiger partial charge in [-0.15, -0.1) is 0 Å². The minimum absolute atomic E-state index is 0.786. The molecule has 0 N–H and O–H groups in total. The molecule has 14 heavy (non-hydrogen) atoms. The van der Waals surface area contributed by atoms with Crippen molar-refractivity contribution in [2.75, 3.05) is 0 Å². The maximum atomic E-state index is 2.54. The van der Waals surface area contributed by atoms with Crippen molar-refractivity contribution in [1.29, 1.82) is 0 Å². The number of rotatable bonds is 4. The molecule has 0 aromatic carbocycles. The third-order valence-corrected chi connectivity index (χ3v) is 3.84. The SMILES string of the molecule is CC(C)CC1C=C(C(C)C(C)C)C1C. The van der Waals surface area contributed by atoms with Crippen LogP contribution >= 0.6 is 0 Å². The van der Waals surface area contributed by atoms with E-state index in [-0.39, 0.29) is 0 Å². The summed E-state index contributed by atoms with van der Waals surface area (Å²) in [6, 6.07) is 0. The molecule has 0 bridgehead atoms. The van der Waals surface area contributed by atoms with E-state index in [2.05, 4.69) is 47.6 Å². The van der Waals surface area contributed by atoms with Gasteiger partial charge in [0.1, 0.15) is 0 Å². The first-order chi connectivity index (χ1) is 6.43. The van der Waals surface area contributed by atoms with Crippen LogP contribution in [0.15, 0.2) is 11.6 Å². The molecular formula is C14H26. The lowest BCUT2D eigenvalue weighted by atomic mass is 9.66. The van der Waals surface area contributed by atoms with E-state index < -0.39 is 0 Å². The van der Waals surface area contributed by atoms with E-state index in [4.69, 9.17) is 0 Å². The van der Waals surface area contributed by atoms with Crippen molar-refractivity contribution in [2.45, 2.75) is 48.0 Å². The van der Waals surface area contributed by atoms with Crippen LogP contribution in [0.25, 0.3) is 0 Å². The van der Waals surface area contributed by atoms with Gasteiger partial charge >= 0.3 is 0 Å². The molecule has 0 nitrogen and oxygen atoms in total. The van der Waals surface area contributed by atoms with Gasteiger partial charge in [0.05, 0.1) is 0 Å². The van der Waals surface area contributed by atoms with Gasteiger partial charge in [0.25, 0.3) is 0 Å². The molecule has 82 valence electrons. The fraction of sp³-hybridized carbons (Fsp3) is 0.857. The molecule has 1 rings (SSSR count). The normalized spacial score (nSPS) is 29.0. The zero-order chi connectivity index (χ0) is 10.9. The quantitative estimate of drug-likeness (QED) is 0.577. The Bertz CT molecular complexity index is 210. The average molecular weight is 194 g/mol. The Morgan fingerprint density at radius 2 is 1.71 bits per heavy atom. The highest BCUT2D eigenvalue weighted by molar-refractivity contribution is 5.23. The Morgan fingerprint density at radius 3 is 2.07 bits per heavy atom. The Morgan fingerprint density at radius 1 is 1.14 bits per heavy atom. The van der Waals surface area contributed by atoms with E-state index in [1.807, 2.05) is 0 Å². The predicted molar refractivity (Wildman–Crippen MR) is 64.2 cm³/mol. The minimum atomic E-state index is 0.786. The van der Waals surface area contributed by atoms with Gasteiger partial charge in [0.2, 0.25) is 0 Å². The summed E-state index contributed by atoms with van der Waals surface area (Å²) >= 11 is 0. The maximum absolute atomic E-state index is 2.54. The molecule has 1 aliphatic carbocycles. The van der Waals surface area contributed by atoms with Gasteiger partial charge in [0.15, 0.2) is 0 Å². The third-order valence-electron chi connectivity index (χ3n) is 3.84. The van der Waals surface area contributed by atoms with Crippen LogP contribution in [0.4, 0.5) is 0 Å². The summed E-state index contributed by atoms with van der Waals surface area (Å²) in [6.45, 7) is 14.1. The fourth-order valence-corrected chi connectivity index (χ4v) is 2.44. The zero-order valence-electron chi connectivity index (χ0n) is 10.7. The highest BCUT2D eigenvalue weighted by Crippen LogP contribution is 2.43. The number of hydrogen-bond acceptors (Lipinski definition) is 0. The molecule has 0 aliphatic heterocycles. The molecule has 0 heteroatoms. The monoisotopic (exact) mass is 194 g/mol. The summed E-state index contributed by atoms with van der Waals surface area (Å²) in [5, 5.41) is 0. The number of allylic oxidation sites excluding steroid dienone is 2. The molecular weight excluding hydrogens is 168 g/mol. The van der Waals surface area contributed by atoms with Gasteiger partial charge in [-0.2, -0.15) is 0 Å².